The number of aliphatic hydroxyl groups excluding tert-OH is 1. The van der Waals surface area contributed by atoms with Gasteiger partial charge in [0.15, 0.2) is 0 Å². The van der Waals surface area contributed by atoms with E-state index in [1.165, 1.54) is 6.42 Å². The highest BCUT2D eigenvalue weighted by atomic mass is 16.3. The molecule has 58 valence electrons. The minimum absolute atomic E-state index is 0.0260. The molecule has 1 fully saturated rings. The Balaban J connectivity index is 2.48. The number of aliphatic hydroxyl groups is 1. The average Bonchev–Trinajstić information content (AvgIpc) is 2.39. The summed E-state index contributed by atoms with van der Waals surface area (Å²) in [6.07, 6.45) is 5.00. The van der Waals surface area contributed by atoms with E-state index in [4.69, 9.17) is 5.11 Å². The molecular weight excluding hydrogens is 126 g/mol. The van der Waals surface area contributed by atoms with Crippen LogP contribution in [-0.4, -0.2) is 23.8 Å². The number of hydrogen-bond donors (Lipinski definition) is 2. The maximum Gasteiger partial charge on any atom is 0.0616 e. The molecule has 1 aliphatic heterocycles. The molecule has 0 aliphatic carbocycles. The number of nitrogens with one attached hydrogen (secondary N) is 1. The van der Waals surface area contributed by atoms with Gasteiger partial charge >= 0.3 is 0 Å². The smallest absolute Gasteiger partial charge is 0.0616 e. The van der Waals surface area contributed by atoms with Crippen LogP contribution < -0.4 is 5.32 Å². The van der Waals surface area contributed by atoms with Gasteiger partial charge in [0.25, 0.3) is 0 Å². The SMILES string of the molecule is C=CC[C@@]1(CO)CCCN1. The zero-order chi connectivity index (χ0) is 7.45. The first-order chi connectivity index (χ1) is 4.83. The number of hydrogen-bond acceptors (Lipinski definition) is 2. The van der Waals surface area contributed by atoms with E-state index in [2.05, 4.69) is 11.9 Å². The Hall–Kier alpha value is -0.340. The molecule has 1 rings (SSSR count). The van der Waals surface area contributed by atoms with Crippen molar-refractivity contribution in [3.63, 3.8) is 0 Å². The lowest BCUT2D eigenvalue weighted by atomic mass is 9.95. The standard InChI is InChI=1S/C8H15NO/c1-2-4-8(7-10)5-3-6-9-8/h2,9-10H,1,3-7H2/t8-/m0/s1. The Bertz CT molecular complexity index is 116. The molecule has 2 heteroatoms. The van der Waals surface area contributed by atoms with Crippen molar-refractivity contribution < 1.29 is 5.11 Å². The summed E-state index contributed by atoms with van der Waals surface area (Å²) in [5.74, 6) is 0. The molecule has 0 aromatic rings. The normalized spacial score (nSPS) is 32.5. The van der Waals surface area contributed by atoms with Crippen LogP contribution in [0.5, 0.6) is 0 Å². The van der Waals surface area contributed by atoms with Crippen LogP contribution in [0.2, 0.25) is 0 Å². The van der Waals surface area contributed by atoms with Crippen molar-refractivity contribution in [2.24, 2.45) is 0 Å². The van der Waals surface area contributed by atoms with Gasteiger partial charge in [-0.2, -0.15) is 0 Å². The van der Waals surface area contributed by atoms with Crippen molar-refractivity contribution in [1.29, 1.82) is 0 Å². The van der Waals surface area contributed by atoms with Crippen LogP contribution in [0.15, 0.2) is 12.7 Å². The van der Waals surface area contributed by atoms with Crippen LogP contribution in [0, 0.1) is 0 Å². The molecule has 1 saturated heterocycles. The first kappa shape index (κ1) is 7.76. The first-order valence-electron chi connectivity index (χ1n) is 3.80. The van der Waals surface area contributed by atoms with Crippen LogP contribution >= 0.6 is 0 Å². The van der Waals surface area contributed by atoms with Crippen LogP contribution in [0.3, 0.4) is 0 Å². The van der Waals surface area contributed by atoms with Crippen molar-refractivity contribution in [2.75, 3.05) is 13.2 Å². The fourth-order valence-electron chi connectivity index (χ4n) is 1.52. The molecule has 0 saturated carbocycles. The van der Waals surface area contributed by atoms with Gasteiger partial charge in [0.2, 0.25) is 0 Å². The van der Waals surface area contributed by atoms with E-state index in [9.17, 15) is 0 Å². The van der Waals surface area contributed by atoms with E-state index in [-0.39, 0.29) is 12.1 Å². The lowest BCUT2D eigenvalue weighted by Crippen LogP contribution is -2.42. The zero-order valence-corrected chi connectivity index (χ0v) is 6.27. The summed E-state index contributed by atoms with van der Waals surface area (Å²) in [6, 6.07) is 0. The molecule has 1 atom stereocenters. The molecule has 0 aromatic carbocycles. The van der Waals surface area contributed by atoms with Gasteiger partial charge < -0.3 is 10.4 Å². The van der Waals surface area contributed by atoms with Gasteiger partial charge in [-0.1, -0.05) is 6.08 Å². The largest absolute Gasteiger partial charge is 0.394 e. The lowest BCUT2D eigenvalue weighted by molar-refractivity contribution is 0.179. The van der Waals surface area contributed by atoms with Crippen LogP contribution in [0.4, 0.5) is 0 Å². The monoisotopic (exact) mass is 141 g/mol. The van der Waals surface area contributed by atoms with Gasteiger partial charge in [0, 0.05) is 5.54 Å². The van der Waals surface area contributed by atoms with Gasteiger partial charge in [-0.15, -0.1) is 6.58 Å². The van der Waals surface area contributed by atoms with Crippen LogP contribution in [0.25, 0.3) is 0 Å². The molecule has 0 spiro atoms. The fourth-order valence-corrected chi connectivity index (χ4v) is 1.52. The molecule has 0 bridgehead atoms. The highest BCUT2D eigenvalue weighted by molar-refractivity contribution is 4.97. The first-order valence-corrected chi connectivity index (χ1v) is 3.80. The Morgan fingerprint density at radius 2 is 2.50 bits per heavy atom. The highest BCUT2D eigenvalue weighted by Crippen LogP contribution is 2.22. The summed E-state index contributed by atoms with van der Waals surface area (Å²) >= 11 is 0. The van der Waals surface area contributed by atoms with E-state index in [0.29, 0.717) is 0 Å². The summed E-state index contributed by atoms with van der Waals surface area (Å²) in [4.78, 5) is 0. The molecule has 2 nitrogen and oxygen atoms in total. The summed E-state index contributed by atoms with van der Waals surface area (Å²) in [5, 5.41) is 12.3. The lowest BCUT2D eigenvalue weighted by Gasteiger charge is -2.25. The van der Waals surface area contributed by atoms with Crippen molar-refractivity contribution >= 4 is 0 Å². The van der Waals surface area contributed by atoms with Gasteiger partial charge in [0.05, 0.1) is 6.61 Å². The Kier molecular flexibility index (Phi) is 2.46. The second-order valence-corrected chi connectivity index (χ2v) is 2.96. The molecule has 0 aromatic heterocycles. The third kappa shape index (κ3) is 1.39. The van der Waals surface area contributed by atoms with Crippen molar-refractivity contribution in [1.82, 2.24) is 5.32 Å². The third-order valence-electron chi connectivity index (χ3n) is 2.17. The quantitative estimate of drug-likeness (QED) is 0.566. The third-order valence-corrected chi connectivity index (χ3v) is 2.17. The second-order valence-electron chi connectivity index (χ2n) is 2.96. The van der Waals surface area contributed by atoms with E-state index < -0.39 is 0 Å². The summed E-state index contributed by atoms with van der Waals surface area (Å²) < 4.78 is 0. The predicted molar refractivity (Wildman–Crippen MR) is 41.9 cm³/mol. The minimum atomic E-state index is -0.0260. The van der Waals surface area contributed by atoms with Gasteiger partial charge in [-0.25, -0.2) is 0 Å². The molecule has 2 N–H and O–H groups in total. The molecule has 10 heavy (non-hydrogen) atoms. The topological polar surface area (TPSA) is 32.3 Å². The molecule has 0 radical (unpaired) electrons. The Morgan fingerprint density at radius 3 is 2.90 bits per heavy atom. The Morgan fingerprint density at radius 1 is 1.70 bits per heavy atom. The zero-order valence-electron chi connectivity index (χ0n) is 6.27. The van der Waals surface area contributed by atoms with Crippen LogP contribution in [0.1, 0.15) is 19.3 Å². The van der Waals surface area contributed by atoms with Crippen molar-refractivity contribution in [3.05, 3.63) is 12.7 Å². The van der Waals surface area contributed by atoms with Gasteiger partial charge in [-0.3, -0.25) is 0 Å². The maximum absolute atomic E-state index is 9.04. The van der Waals surface area contributed by atoms with Crippen molar-refractivity contribution in [2.45, 2.75) is 24.8 Å². The van der Waals surface area contributed by atoms with Gasteiger partial charge in [-0.05, 0) is 25.8 Å². The van der Waals surface area contributed by atoms with E-state index in [0.717, 1.165) is 19.4 Å². The van der Waals surface area contributed by atoms with Crippen molar-refractivity contribution in [3.8, 4) is 0 Å². The summed E-state index contributed by atoms with van der Waals surface area (Å²) in [5.41, 5.74) is -0.0260. The van der Waals surface area contributed by atoms with E-state index in [1.54, 1.807) is 0 Å². The molecule has 1 aliphatic rings. The molecule has 1 heterocycles. The number of rotatable bonds is 3. The van der Waals surface area contributed by atoms with Gasteiger partial charge in [0.1, 0.15) is 0 Å². The predicted octanol–water partition coefficient (Wildman–Crippen LogP) is 0.677. The maximum atomic E-state index is 9.04. The minimum Gasteiger partial charge on any atom is -0.394 e. The molecular formula is C8H15NO. The summed E-state index contributed by atoms with van der Waals surface area (Å²) in [6.45, 7) is 4.94. The van der Waals surface area contributed by atoms with E-state index in [1.807, 2.05) is 6.08 Å². The second kappa shape index (κ2) is 3.17. The Labute approximate surface area is 61.9 Å². The summed E-state index contributed by atoms with van der Waals surface area (Å²) in [7, 11) is 0. The molecule has 0 unspecified atom stereocenters. The average molecular weight is 141 g/mol. The highest BCUT2D eigenvalue weighted by Gasteiger charge is 2.30. The van der Waals surface area contributed by atoms with Crippen LogP contribution in [-0.2, 0) is 0 Å². The molecule has 0 amide bonds. The fraction of sp³-hybridized carbons (Fsp3) is 0.750. The van der Waals surface area contributed by atoms with E-state index >= 15 is 0 Å².